The van der Waals surface area contributed by atoms with Gasteiger partial charge in [0.1, 0.15) is 30.4 Å². The van der Waals surface area contributed by atoms with Crippen molar-refractivity contribution in [1.82, 2.24) is 0 Å². The van der Waals surface area contributed by atoms with Crippen molar-refractivity contribution in [2.75, 3.05) is 18.6 Å². The Morgan fingerprint density at radius 3 is 1.85 bits per heavy atom. The van der Waals surface area contributed by atoms with E-state index in [0.29, 0.717) is 18.6 Å². The van der Waals surface area contributed by atoms with Gasteiger partial charge in [0.05, 0.1) is 19.1 Å². The highest BCUT2D eigenvalue weighted by Gasteiger charge is 2.52. The average Bonchev–Trinajstić information content (AvgIpc) is 3.11. The third-order valence-corrected chi connectivity index (χ3v) is 9.30. The van der Waals surface area contributed by atoms with E-state index in [2.05, 4.69) is 0 Å². The van der Waals surface area contributed by atoms with Crippen molar-refractivity contribution >= 4 is 35.5 Å². The Morgan fingerprint density at radius 1 is 0.717 bits per heavy atom. The van der Waals surface area contributed by atoms with Gasteiger partial charge in [0.15, 0.2) is 18.3 Å². The predicted molar refractivity (Wildman–Crippen MR) is 188 cm³/mol. The third kappa shape index (κ3) is 9.78. The van der Waals surface area contributed by atoms with Gasteiger partial charge in [0.25, 0.3) is 0 Å². The van der Waals surface area contributed by atoms with Crippen molar-refractivity contribution in [3.8, 4) is 5.75 Å². The Hall–Kier alpha value is -5.30. The molecule has 0 spiro atoms. The Bertz CT molecular complexity index is 1760. The van der Waals surface area contributed by atoms with Gasteiger partial charge in [-0.05, 0) is 72.4 Å². The number of halogens is 1. The van der Waals surface area contributed by atoms with E-state index < -0.39 is 54.4 Å². The maximum Gasteiger partial charge on any atom is 0.303 e. The number of rotatable bonds is 14. The fourth-order valence-electron chi connectivity index (χ4n) is 6.98. The third-order valence-electron chi connectivity index (χ3n) is 9.30. The van der Waals surface area contributed by atoms with E-state index in [1.165, 1.54) is 39.8 Å². The van der Waals surface area contributed by atoms with E-state index in [9.17, 15) is 28.4 Å². The summed E-state index contributed by atoms with van der Waals surface area (Å²) in [5.74, 6) is -2.59. The van der Waals surface area contributed by atoms with Crippen LogP contribution in [0.2, 0.25) is 0 Å². The highest BCUT2D eigenvalue weighted by Crippen LogP contribution is 2.46. The van der Waals surface area contributed by atoms with Crippen molar-refractivity contribution in [2.45, 2.75) is 89.9 Å². The average molecular weight is 734 g/mol. The molecule has 5 rings (SSSR count). The van der Waals surface area contributed by atoms with Crippen LogP contribution in [-0.2, 0) is 60.5 Å². The van der Waals surface area contributed by atoms with E-state index in [1.807, 2.05) is 36.4 Å². The number of anilines is 1. The largest absolute Gasteiger partial charge is 0.497 e. The first-order valence-corrected chi connectivity index (χ1v) is 17.5. The van der Waals surface area contributed by atoms with Crippen LogP contribution in [0.1, 0.15) is 63.3 Å². The van der Waals surface area contributed by atoms with Gasteiger partial charge in [-0.15, -0.1) is 0 Å². The molecule has 1 amide bonds. The molecule has 0 unspecified atom stereocenters. The summed E-state index contributed by atoms with van der Waals surface area (Å²) in [7, 11) is 1.58. The van der Waals surface area contributed by atoms with Gasteiger partial charge in [-0.25, -0.2) is 4.39 Å². The Balaban J connectivity index is 1.40. The lowest BCUT2D eigenvalue weighted by Crippen LogP contribution is -2.62. The molecule has 2 aliphatic heterocycles. The summed E-state index contributed by atoms with van der Waals surface area (Å²) in [5, 5.41) is 0. The lowest BCUT2D eigenvalue weighted by Gasteiger charge is -2.48. The van der Waals surface area contributed by atoms with Crippen LogP contribution in [0.5, 0.6) is 5.75 Å². The minimum atomic E-state index is -1.26. The number of β-lactam (4-membered cyclic amide) rings is 1. The van der Waals surface area contributed by atoms with Gasteiger partial charge in [0, 0.05) is 39.8 Å². The molecule has 2 saturated heterocycles. The second kappa shape index (κ2) is 17.5. The van der Waals surface area contributed by atoms with Crippen LogP contribution < -0.4 is 9.64 Å². The smallest absolute Gasteiger partial charge is 0.303 e. The van der Waals surface area contributed by atoms with Gasteiger partial charge in [-0.2, -0.15) is 0 Å². The SMILES string of the molecule is COc1ccc(N2C(=O)[C@H](CCCc3ccc(F)cc3)[C@H]2c2ccc(C[C@@H]3O[C@H](COC(C)=O)[C@H](OC(C)=O)[C@H](OC(C)=O)[C@H]3OC(C)=O)cc2)cc1. The molecule has 0 saturated carbocycles. The molecular weight excluding hydrogens is 689 g/mol. The van der Waals surface area contributed by atoms with Crippen molar-refractivity contribution in [1.29, 1.82) is 0 Å². The maximum atomic E-state index is 13.7. The van der Waals surface area contributed by atoms with Gasteiger partial charge in [0.2, 0.25) is 5.91 Å². The lowest BCUT2D eigenvalue weighted by molar-refractivity contribution is -0.252. The normalized spacial score (nSPS) is 23.7. The van der Waals surface area contributed by atoms with Gasteiger partial charge in [-0.1, -0.05) is 36.4 Å². The van der Waals surface area contributed by atoms with Crippen LogP contribution in [-0.4, -0.2) is 74.0 Å². The first kappa shape index (κ1) is 38.9. The number of hydrogen-bond donors (Lipinski definition) is 0. The summed E-state index contributed by atoms with van der Waals surface area (Å²) in [6.45, 7) is 4.45. The zero-order valence-corrected chi connectivity index (χ0v) is 30.3. The molecule has 12 nitrogen and oxygen atoms in total. The van der Waals surface area contributed by atoms with Crippen molar-refractivity contribution < 1.29 is 56.8 Å². The summed E-state index contributed by atoms with van der Waals surface area (Å²) in [4.78, 5) is 63.7. The molecule has 2 fully saturated rings. The Morgan fingerprint density at radius 2 is 1.28 bits per heavy atom. The number of hydrogen-bond acceptors (Lipinski definition) is 11. The first-order valence-electron chi connectivity index (χ1n) is 17.5. The molecule has 0 bridgehead atoms. The fraction of sp³-hybridized carbons (Fsp3) is 0.425. The zero-order valence-electron chi connectivity index (χ0n) is 30.3. The molecule has 53 heavy (non-hydrogen) atoms. The van der Waals surface area contributed by atoms with E-state index in [-0.39, 0.29) is 36.7 Å². The minimum absolute atomic E-state index is 0.000784. The number of amides is 1. The number of methoxy groups -OCH3 is 1. The molecule has 3 aromatic carbocycles. The molecule has 2 aliphatic rings. The second-order valence-corrected chi connectivity index (χ2v) is 13.2. The lowest BCUT2D eigenvalue weighted by atomic mass is 9.78. The summed E-state index contributed by atoms with van der Waals surface area (Å²) in [6, 6.07) is 21.0. The number of esters is 4. The highest BCUT2D eigenvalue weighted by atomic mass is 19.1. The van der Waals surface area contributed by atoms with E-state index in [0.717, 1.165) is 28.8 Å². The number of aryl methyl sites for hydroxylation is 1. The molecule has 2 heterocycles. The predicted octanol–water partition coefficient (Wildman–Crippen LogP) is 5.23. The number of benzene rings is 3. The quantitative estimate of drug-likeness (QED) is 0.122. The van der Waals surface area contributed by atoms with Crippen molar-refractivity contribution in [2.24, 2.45) is 5.92 Å². The van der Waals surface area contributed by atoms with Crippen LogP contribution in [0, 0.1) is 11.7 Å². The van der Waals surface area contributed by atoms with Crippen LogP contribution in [0.4, 0.5) is 10.1 Å². The van der Waals surface area contributed by atoms with Crippen LogP contribution in [0.15, 0.2) is 72.8 Å². The number of carbonyl (C=O) groups excluding carboxylic acids is 5. The Labute approximate surface area is 307 Å². The molecule has 282 valence electrons. The molecule has 0 radical (unpaired) electrons. The molecular formula is C40H44FNO11. The monoisotopic (exact) mass is 733 g/mol. The van der Waals surface area contributed by atoms with E-state index in [4.69, 9.17) is 28.4 Å². The molecule has 7 atom stereocenters. The van der Waals surface area contributed by atoms with E-state index >= 15 is 0 Å². The summed E-state index contributed by atoms with van der Waals surface area (Å²) < 4.78 is 46.9. The fourth-order valence-corrected chi connectivity index (χ4v) is 6.98. The first-order chi connectivity index (χ1) is 25.3. The number of carbonyl (C=O) groups is 5. The van der Waals surface area contributed by atoms with Crippen LogP contribution in [0.25, 0.3) is 0 Å². The maximum absolute atomic E-state index is 13.7. The number of ether oxygens (including phenoxy) is 6. The summed E-state index contributed by atoms with van der Waals surface area (Å²) >= 11 is 0. The molecule has 3 aromatic rings. The van der Waals surface area contributed by atoms with Crippen LogP contribution in [0.3, 0.4) is 0 Å². The Kier molecular flexibility index (Phi) is 12.8. The zero-order chi connectivity index (χ0) is 38.2. The van der Waals surface area contributed by atoms with E-state index in [1.54, 1.807) is 36.3 Å². The van der Waals surface area contributed by atoms with Crippen molar-refractivity contribution in [3.63, 3.8) is 0 Å². The van der Waals surface area contributed by atoms with Gasteiger partial charge < -0.3 is 33.3 Å². The van der Waals surface area contributed by atoms with Crippen LogP contribution >= 0.6 is 0 Å². The molecule has 0 N–H and O–H groups in total. The summed E-state index contributed by atoms with van der Waals surface area (Å²) in [6.07, 6.45) is -3.38. The van der Waals surface area contributed by atoms with Gasteiger partial charge in [-0.3, -0.25) is 24.0 Å². The molecule has 0 aromatic heterocycles. The number of nitrogens with zero attached hydrogens (tertiary/aromatic N) is 1. The topological polar surface area (TPSA) is 144 Å². The highest BCUT2D eigenvalue weighted by molar-refractivity contribution is 6.03. The minimum Gasteiger partial charge on any atom is -0.497 e. The molecule has 13 heteroatoms. The second-order valence-electron chi connectivity index (χ2n) is 13.2. The van der Waals surface area contributed by atoms with Crippen molar-refractivity contribution in [3.05, 3.63) is 95.3 Å². The molecule has 0 aliphatic carbocycles. The standard InChI is InChI=1S/C40H44FNO11/c1-23(43)49-22-35-38(51-25(3)45)39(52-26(4)46)37(50-24(2)44)34(53-35)21-28-9-13-29(14-10-28)36-33(8-6-7-27-11-15-30(41)16-12-27)40(47)42(36)31-17-19-32(48-5)20-18-31/h9-20,33-39H,6-8,21-22H2,1-5H3/t33-,34+,35-,36-,37+,38+,39-/m1/s1. The van der Waals surface area contributed by atoms with Gasteiger partial charge >= 0.3 is 23.9 Å². The summed E-state index contributed by atoms with van der Waals surface area (Å²) in [5.41, 5.74) is 3.40.